The average molecular weight is 453 g/mol. The van der Waals surface area contributed by atoms with Gasteiger partial charge < -0.3 is 20.3 Å². The maximum absolute atomic E-state index is 13.2. The van der Waals surface area contributed by atoms with Crippen molar-refractivity contribution in [3.63, 3.8) is 0 Å². The summed E-state index contributed by atoms with van der Waals surface area (Å²) in [4.78, 5) is 41.8. The molecule has 0 aromatic heterocycles. The molecule has 1 unspecified atom stereocenters. The zero-order chi connectivity index (χ0) is 23.8. The quantitative estimate of drug-likeness (QED) is 0.643. The van der Waals surface area contributed by atoms with Gasteiger partial charge in [0.25, 0.3) is 11.8 Å². The molecule has 3 amide bonds. The van der Waals surface area contributed by atoms with Gasteiger partial charge in [-0.1, -0.05) is 19.1 Å². The zero-order valence-electron chi connectivity index (χ0n) is 19.5. The van der Waals surface area contributed by atoms with Gasteiger partial charge in [-0.3, -0.25) is 19.3 Å². The lowest BCUT2D eigenvalue weighted by Gasteiger charge is -2.34. The van der Waals surface area contributed by atoms with Gasteiger partial charge in [-0.2, -0.15) is 0 Å². The molecule has 33 heavy (non-hydrogen) atoms. The van der Waals surface area contributed by atoms with Crippen LogP contribution in [0.5, 0.6) is 5.75 Å². The first-order chi connectivity index (χ1) is 15.9. The van der Waals surface area contributed by atoms with Gasteiger partial charge in [-0.15, -0.1) is 0 Å². The van der Waals surface area contributed by atoms with E-state index in [9.17, 15) is 14.4 Å². The monoisotopic (exact) mass is 452 g/mol. The predicted octanol–water partition coefficient (Wildman–Crippen LogP) is 2.62. The topological polar surface area (TPSA) is 91.0 Å². The summed E-state index contributed by atoms with van der Waals surface area (Å²) in [7, 11) is 1.57. The predicted molar refractivity (Wildman–Crippen MR) is 128 cm³/mol. The van der Waals surface area contributed by atoms with Crippen molar-refractivity contribution in [2.45, 2.75) is 26.3 Å². The fourth-order valence-electron chi connectivity index (χ4n) is 3.62. The second-order valence-corrected chi connectivity index (χ2v) is 8.17. The van der Waals surface area contributed by atoms with Crippen LogP contribution in [0.2, 0.25) is 0 Å². The number of amides is 3. The molecule has 2 aromatic rings. The van der Waals surface area contributed by atoms with E-state index in [0.717, 1.165) is 6.42 Å². The number of carbonyl (C=O) groups is 3. The molecule has 8 nitrogen and oxygen atoms in total. The SMILES string of the molecule is CCC(C)NC(=O)CN1CCN(C(=O)c2ccccc2NC(=O)c2ccc(OC)cc2)CC1. The van der Waals surface area contributed by atoms with Crippen molar-refractivity contribution in [3.8, 4) is 5.75 Å². The molecule has 0 spiro atoms. The van der Waals surface area contributed by atoms with Crippen LogP contribution in [0.15, 0.2) is 48.5 Å². The van der Waals surface area contributed by atoms with E-state index >= 15 is 0 Å². The summed E-state index contributed by atoms with van der Waals surface area (Å²) in [5, 5.41) is 5.83. The van der Waals surface area contributed by atoms with Gasteiger partial charge in [0.2, 0.25) is 5.91 Å². The van der Waals surface area contributed by atoms with Crippen LogP contribution in [0.1, 0.15) is 41.0 Å². The van der Waals surface area contributed by atoms with E-state index in [0.29, 0.717) is 55.3 Å². The number of anilines is 1. The summed E-state index contributed by atoms with van der Waals surface area (Å²) >= 11 is 0. The molecule has 1 atom stereocenters. The number of ether oxygens (including phenoxy) is 1. The fourth-order valence-corrected chi connectivity index (χ4v) is 3.62. The summed E-state index contributed by atoms with van der Waals surface area (Å²) in [5.74, 6) is 0.244. The van der Waals surface area contributed by atoms with E-state index in [1.807, 2.05) is 13.8 Å². The van der Waals surface area contributed by atoms with E-state index in [1.54, 1.807) is 60.5 Å². The van der Waals surface area contributed by atoms with Gasteiger partial charge in [-0.05, 0) is 49.7 Å². The summed E-state index contributed by atoms with van der Waals surface area (Å²) in [6.07, 6.45) is 0.891. The highest BCUT2D eigenvalue weighted by atomic mass is 16.5. The molecule has 1 saturated heterocycles. The van der Waals surface area contributed by atoms with Gasteiger partial charge in [0.05, 0.1) is 24.9 Å². The fraction of sp³-hybridized carbons (Fsp3) is 0.400. The molecule has 0 saturated carbocycles. The van der Waals surface area contributed by atoms with Crippen LogP contribution >= 0.6 is 0 Å². The minimum absolute atomic E-state index is 0.00992. The number of nitrogens with zero attached hydrogens (tertiary/aromatic N) is 2. The number of methoxy groups -OCH3 is 1. The van der Waals surface area contributed by atoms with Gasteiger partial charge in [0.1, 0.15) is 5.75 Å². The maximum atomic E-state index is 13.2. The lowest BCUT2D eigenvalue weighted by atomic mass is 10.1. The zero-order valence-corrected chi connectivity index (χ0v) is 19.5. The minimum atomic E-state index is -0.296. The second kappa shape index (κ2) is 11.5. The van der Waals surface area contributed by atoms with Crippen LogP contribution in [0.25, 0.3) is 0 Å². The summed E-state index contributed by atoms with van der Waals surface area (Å²) in [5.41, 5.74) is 1.39. The van der Waals surface area contributed by atoms with Gasteiger partial charge in [-0.25, -0.2) is 0 Å². The third kappa shape index (κ3) is 6.55. The standard InChI is InChI=1S/C25H32N4O4/c1-4-18(2)26-23(30)17-28-13-15-29(16-14-28)25(32)21-7-5-6-8-22(21)27-24(31)19-9-11-20(33-3)12-10-19/h5-12,18H,4,13-17H2,1-3H3,(H,26,30)(H,27,31). The van der Waals surface area contributed by atoms with E-state index in [2.05, 4.69) is 15.5 Å². The summed E-state index contributed by atoms with van der Waals surface area (Å²) in [6, 6.07) is 14.0. The molecule has 176 valence electrons. The molecule has 1 fully saturated rings. The first-order valence-corrected chi connectivity index (χ1v) is 11.3. The largest absolute Gasteiger partial charge is 0.497 e. The molecule has 8 heteroatoms. The normalized spacial score (nSPS) is 14.9. The van der Waals surface area contributed by atoms with Crippen LogP contribution in [0.4, 0.5) is 5.69 Å². The molecular weight excluding hydrogens is 420 g/mol. The van der Waals surface area contributed by atoms with Crippen molar-refractivity contribution in [2.24, 2.45) is 0 Å². The van der Waals surface area contributed by atoms with Crippen LogP contribution in [0, 0.1) is 0 Å². The molecule has 3 rings (SSSR count). The minimum Gasteiger partial charge on any atom is -0.497 e. The van der Waals surface area contributed by atoms with E-state index in [4.69, 9.17) is 4.74 Å². The number of piperazine rings is 1. The number of hydrogen-bond donors (Lipinski definition) is 2. The van der Waals surface area contributed by atoms with Crippen molar-refractivity contribution in [3.05, 3.63) is 59.7 Å². The van der Waals surface area contributed by atoms with Crippen LogP contribution in [0.3, 0.4) is 0 Å². The Labute approximate surface area is 194 Å². The lowest BCUT2D eigenvalue weighted by Crippen LogP contribution is -2.51. The molecule has 0 radical (unpaired) electrons. The van der Waals surface area contributed by atoms with E-state index < -0.39 is 0 Å². The first kappa shape index (κ1) is 24.3. The third-order valence-electron chi connectivity index (χ3n) is 5.80. The van der Waals surface area contributed by atoms with Crippen molar-refractivity contribution in [2.75, 3.05) is 45.2 Å². The Bertz CT molecular complexity index is 969. The number of nitrogens with one attached hydrogen (secondary N) is 2. The maximum Gasteiger partial charge on any atom is 0.256 e. The third-order valence-corrected chi connectivity index (χ3v) is 5.80. The molecule has 1 heterocycles. The number of hydrogen-bond acceptors (Lipinski definition) is 5. The van der Waals surface area contributed by atoms with Crippen LogP contribution in [-0.2, 0) is 4.79 Å². The Hall–Kier alpha value is -3.39. The lowest BCUT2D eigenvalue weighted by molar-refractivity contribution is -0.123. The summed E-state index contributed by atoms with van der Waals surface area (Å²) in [6.45, 7) is 6.65. The van der Waals surface area contributed by atoms with Crippen LogP contribution < -0.4 is 15.4 Å². The number of para-hydroxylation sites is 1. The Morgan fingerprint density at radius 1 is 1.00 bits per heavy atom. The van der Waals surface area contributed by atoms with E-state index in [-0.39, 0.29) is 23.8 Å². The van der Waals surface area contributed by atoms with Gasteiger partial charge >= 0.3 is 0 Å². The Kier molecular flexibility index (Phi) is 8.43. The number of benzene rings is 2. The van der Waals surface area contributed by atoms with Crippen LogP contribution in [-0.4, -0.2) is 73.4 Å². The molecule has 0 bridgehead atoms. The van der Waals surface area contributed by atoms with Crippen molar-refractivity contribution in [1.82, 2.24) is 15.1 Å². The Morgan fingerprint density at radius 3 is 2.30 bits per heavy atom. The first-order valence-electron chi connectivity index (χ1n) is 11.3. The molecule has 2 aromatic carbocycles. The van der Waals surface area contributed by atoms with Crippen molar-refractivity contribution >= 4 is 23.4 Å². The van der Waals surface area contributed by atoms with Gasteiger partial charge in [0, 0.05) is 37.8 Å². The number of rotatable bonds is 8. The Balaban J connectivity index is 1.60. The highest BCUT2D eigenvalue weighted by Gasteiger charge is 2.25. The highest BCUT2D eigenvalue weighted by molar-refractivity contribution is 6.09. The Morgan fingerprint density at radius 2 is 1.67 bits per heavy atom. The smallest absolute Gasteiger partial charge is 0.256 e. The molecule has 2 N–H and O–H groups in total. The van der Waals surface area contributed by atoms with E-state index in [1.165, 1.54) is 0 Å². The molecule has 0 aliphatic carbocycles. The molecular formula is C25H32N4O4. The summed E-state index contributed by atoms with van der Waals surface area (Å²) < 4.78 is 5.13. The molecule has 1 aliphatic heterocycles. The second-order valence-electron chi connectivity index (χ2n) is 8.17. The highest BCUT2D eigenvalue weighted by Crippen LogP contribution is 2.20. The van der Waals surface area contributed by atoms with Gasteiger partial charge in [0.15, 0.2) is 0 Å². The molecule has 1 aliphatic rings. The number of carbonyl (C=O) groups excluding carboxylic acids is 3. The van der Waals surface area contributed by atoms with Crippen molar-refractivity contribution in [1.29, 1.82) is 0 Å². The average Bonchev–Trinajstić information content (AvgIpc) is 2.84. The van der Waals surface area contributed by atoms with Crippen molar-refractivity contribution < 1.29 is 19.1 Å².